The Morgan fingerprint density at radius 2 is 2.07 bits per heavy atom. The molecule has 1 aromatic rings. The summed E-state index contributed by atoms with van der Waals surface area (Å²) in [6, 6.07) is 10.00. The number of nitrogens with zero attached hydrogens (tertiary/aromatic N) is 1. The van der Waals surface area contributed by atoms with Gasteiger partial charge in [0, 0.05) is 12.5 Å². The number of hydrogen-bond acceptors (Lipinski definition) is 2. The van der Waals surface area contributed by atoms with Crippen LogP contribution in [0.3, 0.4) is 0 Å². The molecule has 0 amide bonds. The van der Waals surface area contributed by atoms with Gasteiger partial charge in [-0.15, -0.1) is 0 Å². The molecule has 1 heterocycles. The molecule has 0 radical (unpaired) electrons. The number of piperidine rings is 1. The van der Waals surface area contributed by atoms with Gasteiger partial charge in [-0.1, -0.05) is 30.3 Å². The quantitative estimate of drug-likeness (QED) is 0.799. The molecular formula is C13H19NO. The highest BCUT2D eigenvalue weighted by atomic mass is 16.3. The molecule has 82 valence electrons. The van der Waals surface area contributed by atoms with Crippen LogP contribution in [0, 0.1) is 5.92 Å². The van der Waals surface area contributed by atoms with Crippen molar-refractivity contribution in [3.05, 3.63) is 35.9 Å². The average molecular weight is 205 g/mol. The van der Waals surface area contributed by atoms with Crippen molar-refractivity contribution in [1.29, 1.82) is 0 Å². The summed E-state index contributed by atoms with van der Waals surface area (Å²) in [5, 5.41) is 10.2. The second-order valence-corrected chi connectivity index (χ2v) is 4.52. The Bertz CT molecular complexity index is 299. The second kappa shape index (κ2) is 4.77. The van der Waals surface area contributed by atoms with Crippen molar-refractivity contribution in [1.82, 2.24) is 4.90 Å². The van der Waals surface area contributed by atoms with Crippen LogP contribution in [0.4, 0.5) is 0 Å². The standard InChI is InChI=1S/C13H19NO/c1-14-9-5-8-12(10-14)13(15)11-6-3-2-4-7-11/h2-4,6-7,12-13,15H,5,8-10H2,1H3/t12-,13-/m0/s1. The van der Waals surface area contributed by atoms with Crippen LogP contribution in [-0.2, 0) is 0 Å². The number of benzene rings is 1. The van der Waals surface area contributed by atoms with Crippen molar-refractivity contribution >= 4 is 0 Å². The molecule has 1 N–H and O–H groups in total. The van der Waals surface area contributed by atoms with E-state index >= 15 is 0 Å². The monoisotopic (exact) mass is 205 g/mol. The van der Waals surface area contributed by atoms with Gasteiger partial charge in [0.1, 0.15) is 0 Å². The maximum atomic E-state index is 10.2. The van der Waals surface area contributed by atoms with Crippen LogP contribution in [-0.4, -0.2) is 30.1 Å². The van der Waals surface area contributed by atoms with Gasteiger partial charge in [0.25, 0.3) is 0 Å². The molecule has 1 fully saturated rings. The lowest BCUT2D eigenvalue weighted by Gasteiger charge is -2.32. The van der Waals surface area contributed by atoms with E-state index in [2.05, 4.69) is 11.9 Å². The molecule has 1 aliphatic rings. The smallest absolute Gasteiger partial charge is 0.0830 e. The van der Waals surface area contributed by atoms with E-state index in [1.54, 1.807) is 0 Å². The lowest BCUT2D eigenvalue weighted by molar-refractivity contribution is 0.0592. The minimum atomic E-state index is -0.297. The van der Waals surface area contributed by atoms with Crippen molar-refractivity contribution in [3.8, 4) is 0 Å². The molecule has 1 aromatic carbocycles. The third-order valence-corrected chi connectivity index (χ3v) is 3.25. The minimum Gasteiger partial charge on any atom is -0.388 e. The topological polar surface area (TPSA) is 23.5 Å². The maximum absolute atomic E-state index is 10.2. The first-order valence-electron chi connectivity index (χ1n) is 5.69. The lowest BCUT2D eigenvalue weighted by Crippen LogP contribution is -2.35. The summed E-state index contributed by atoms with van der Waals surface area (Å²) in [6.45, 7) is 2.17. The maximum Gasteiger partial charge on any atom is 0.0830 e. The van der Waals surface area contributed by atoms with E-state index in [9.17, 15) is 5.11 Å². The Morgan fingerprint density at radius 1 is 1.33 bits per heavy atom. The fraction of sp³-hybridized carbons (Fsp3) is 0.538. The first kappa shape index (κ1) is 10.7. The third kappa shape index (κ3) is 2.58. The van der Waals surface area contributed by atoms with Crippen LogP contribution >= 0.6 is 0 Å². The van der Waals surface area contributed by atoms with Crippen molar-refractivity contribution in [2.24, 2.45) is 5.92 Å². The molecule has 15 heavy (non-hydrogen) atoms. The van der Waals surface area contributed by atoms with E-state index in [-0.39, 0.29) is 6.10 Å². The highest BCUT2D eigenvalue weighted by Crippen LogP contribution is 2.28. The van der Waals surface area contributed by atoms with E-state index in [0.717, 1.165) is 25.1 Å². The van der Waals surface area contributed by atoms with Gasteiger partial charge >= 0.3 is 0 Å². The zero-order valence-electron chi connectivity index (χ0n) is 9.26. The van der Waals surface area contributed by atoms with E-state index in [4.69, 9.17) is 0 Å². The Morgan fingerprint density at radius 3 is 2.73 bits per heavy atom. The lowest BCUT2D eigenvalue weighted by atomic mass is 9.89. The predicted octanol–water partition coefficient (Wildman–Crippen LogP) is 2.06. The fourth-order valence-corrected chi connectivity index (χ4v) is 2.39. The van der Waals surface area contributed by atoms with Crippen LogP contribution < -0.4 is 0 Å². The van der Waals surface area contributed by atoms with Gasteiger partial charge in [-0.05, 0) is 32.0 Å². The molecule has 0 aliphatic carbocycles. The summed E-state index contributed by atoms with van der Waals surface area (Å²) in [4.78, 5) is 2.31. The number of aliphatic hydroxyl groups is 1. The second-order valence-electron chi connectivity index (χ2n) is 4.52. The molecule has 2 nitrogen and oxygen atoms in total. The van der Waals surface area contributed by atoms with Crippen LogP contribution in [0.2, 0.25) is 0 Å². The zero-order chi connectivity index (χ0) is 10.7. The first-order valence-corrected chi connectivity index (χ1v) is 5.69. The van der Waals surface area contributed by atoms with E-state index in [1.165, 1.54) is 6.42 Å². The van der Waals surface area contributed by atoms with Crippen molar-refractivity contribution in [3.63, 3.8) is 0 Å². The van der Waals surface area contributed by atoms with Gasteiger partial charge in [0.2, 0.25) is 0 Å². The molecule has 1 saturated heterocycles. The molecule has 1 aliphatic heterocycles. The van der Waals surface area contributed by atoms with Gasteiger partial charge in [0.15, 0.2) is 0 Å². The fourth-order valence-electron chi connectivity index (χ4n) is 2.39. The molecule has 0 saturated carbocycles. The van der Waals surface area contributed by atoms with Crippen molar-refractivity contribution < 1.29 is 5.11 Å². The van der Waals surface area contributed by atoms with Gasteiger partial charge in [-0.3, -0.25) is 0 Å². The number of hydrogen-bond donors (Lipinski definition) is 1. The summed E-state index contributed by atoms with van der Waals surface area (Å²) in [6.07, 6.45) is 2.04. The average Bonchev–Trinajstić information content (AvgIpc) is 2.29. The molecule has 0 bridgehead atoms. The molecular weight excluding hydrogens is 186 g/mol. The molecule has 2 rings (SSSR count). The normalized spacial score (nSPS) is 25.1. The van der Waals surface area contributed by atoms with Gasteiger partial charge < -0.3 is 10.0 Å². The minimum absolute atomic E-state index is 0.297. The molecule has 0 unspecified atom stereocenters. The van der Waals surface area contributed by atoms with Gasteiger partial charge in [-0.25, -0.2) is 0 Å². The summed E-state index contributed by atoms with van der Waals surface area (Å²) in [7, 11) is 2.13. The zero-order valence-corrected chi connectivity index (χ0v) is 9.26. The largest absolute Gasteiger partial charge is 0.388 e. The van der Waals surface area contributed by atoms with E-state index in [1.807, 2.05) is 30.3 Å². The van der Waals surface area contributed by atoms with Crippen LogP contribution in [0.1, 0.15) is 24.5 Å². The van der Waals surface area contributed by atoms with Crippen LogP contribution in [0.25, 0.3) is 0 Å². The molecule has 0 spiro atoms. The number of likely N-dealkylation sites (tertiary alicyclic amines) is 1. The summed E-state index contributed by atoms with van der Waals surface area (Å²) >= 11 is 0. The Hall–Kier alpha value is -0.860. The first-order chi connectivity index (χ1) is 7.27. The SMILES string of the molecule is CN1CCC[C@H]([C@@H](O)c2ccccc2)C1. The predicted molar refractivity (Wildman–Crippen MR) is 61.6 cm³/mol. The highest BCUT2D eigenvalue weighted by Gasteiger charge is 2.24. The summed E-state index contributed by atoms with van der Waals surface area (Å²) in [5.41, 5.74) is 1.05. The Balaban J connectivity index is 2.04. The van der Waals surface area contributed by atoms with Crippen molar-refractivity contribution in [2.45, 2.75) is 18.9 Å². The number of aliphatic hydroxyl groups excluding tert-OH is 1. The molecule has 2 heteroatoms. The highest BCUT2D eigenvalue weighted by molar-refractivity contribution is 5.18. The van der Waals surface area contributed by atoms with Gasteiger partial charge in [0.05, 0.1) is 6.10 Å². The molecule has 0 aromatic heterocycles. The summed E-state index contributed by atoms with van der Waals surface area (Å²) < 4.78 is 0. The van der Waals surface area contributed by atoms with Crippen LogP contribution in [0.15, 0.2) is 30.3 Å². The van der Waals surface area contributed by atoms with Crippen molar-refractivity contribution in [2.75, 3.05) is 20.1 Å². The third-order valence-electron chi connectivity index (χ3n) is 3.25. The molecule has 2 atom stereocenters. The Labute approximate surface area is 91.5 Å². The Kier molecular flexibility index (Phi) is 3.39. The summed E-state index contributed by atoms with van der Waals surface area (Å²) in [5.74, 6) is 0.395. The van der Waals surface area contributed by atoms with E-state index in [0.29, 0.717) is 5.92 Å². The number of rotatable bonds is 2. The van der Waals surface area contributed by atoms with E-state index < -0.39 is 0 Å². The van der Waals surface area contributed by atoms with Gasteiger partial charge in [-0.2, -0.15) is 0 Å². The van der Waals surface area contributed by atoms with Crippen LogP contribution in [0.5, 0.6) is 0 Å².